The summed E-state index contributed by atoms with van der Waals surface area (Å²) in [5.74, 6) is 0. The molecule has 0 fully saturated rings. The first kappa shape index (κ1) is 15.8. The highest BCUT2D eigenvalue weighted by Gasteiger charge is 2.13. The van der Waals surface area contributed by atoms with E-state index >= 15 is 0 Å². The maximum Gasteiger partial charge on any atom is 0.0857 e. The minimum atomic E-state index is 0.112. The van der Waals surface area contributed by atoms with E-state index in [-0.39, 0.29) is 4.75 Å². The highest BCUT2D eigenvalue weighted by atomic mass is 32.2. The predicted octanol–water partition coefficient (Wildman–Crippen LogP) is 5.59. The Morgan fingerprint density at radius 3 is 1.48 bits per heavy atom. The zero-order chi connectivity index (χ0) is 15.5. The molecule has 21 heavy (non-hydrogen) atoms. The van der Waals surface area contributed by atoms with Crippen molar-refractivity contribution in [3.63, 3.8) is 0 Å². The maximum absolute atomic E-state index is 4.83. The number of benzene rings is 2. The molecule has 0 unspecified atom stereocenters. The number of hydrogen-bond acceptors (Lipinski definition) is 2. The first-order valence-electron chi connectivity index (χ1n) is 7.25. The van der Waals surface area contributed by atoms with Crippen LogP contribution in [-0.2, 0) is 0 Å². The van der Waals surface area contributed by atoms with Crippen LogP contribution in [0.1, 0.15) is 43.0 Å². The normalized spacial score (nSPS) is 11.3. The third-order valence-electron chi connectivity index (χ3n) is 3.06. The molecule has 0 spiro atoms. The van der Waals surface area contributed by atoms with Crippen molar-refractivity contribution in [3.8, 4) is 0 Å². The molecule has 1 nitrogen and oxygen atoms in total. The van der Waals surface area contributed by atoms with E-state index in [1.165, 1.54) is 22.3 Å². The van der Waals surface area contributed by atoms with Crippen molar-refractivity contribution in [2.75, 3.05) is 0 Å². The summed E-state index contributed by atoms with van der Waals surface area (Å²) in [4.78, 5) is 0. The summed E-state index contributed by atoms with van der Waals surface area (Å²) in [5, 5.41) is 0. The molecule has 0 amide bonds. The summed E-state index contributed by atoms with van der Waals surface area (Å²) in [6, 6.07) is 17.2. The summed E-state index contributed by atoms with van der Waals surface area (Å²) < 4.78 is 4.94. The van der Waals surface area contributed by atoms with Gasteiger partial charge in [0.15, 0.2) is 0 Å². The number of nitrogens with zero attached hydrogens (tertiary/aromatic N) is 1. The lowest BCUT2D eigenvalue weighted by Gasteiger charge is -2.15. The van der Waals surface area contributed by atoms with Gasteiger partial charge in [0.25, 0.3) is 0 Å². The molecule has 0 aliphatic carbocycles. The van der Waals surface area contributed by atoms with E-state index in [2.05, 4.69) is 83.1 Å². The van der Waals surface area contributed by atoms with Crippen molar-refractivity contribution < 1.29 is 0 Å². The molecule has 2 aromatic carbocycles. The van der Waals surface area contributed by atoms with Crippen molar-refractivity contribution >= 4 is 17.7 Å². The average molecular weight is 297 g/mol. The lowest BCUT2D eigenvalue weighted by Crippen LogP contribution is -2.08. The third kappa shape index (κ3) is 4.75. The van der Waals surface area contributed by atoms with E-state index in [0.717, 1.165) is 5.71 Å². The molecular weight excluding hydrogens is 274 g/mol. The largest absolute Gasteiger partial charge is 0.215 e. The molecule has 0 bridgehead atoms. The number of hydrogen-bond donors (Lipinski definition) is 0. The van der Waals surface area contributed by atoms with Gasteiger partial charge in [0.1, 0.15) is 0 Å². The fourth-order valence-corrected chi connectivity index (χ4v) is 2.45. The smallest absolute Gasteiger partial charge is 0.0857 e. The Labute approximate surface area is 132 Å². The van der Waals surface area contributed by atoms with Crippen molar-refractivity contribution in [3.05, 3.63) is 70.8 Å². The molecule has 0 aliphatic heterocycles. The van der Waals surface area contributed by atoms with Crippen LogP contribution in [0.3, 0.4) is 0 Å². The van der Waals surface area contributed by atoms with Gasteiger partial charge in [0.2, 0.25) is 0 Å². The second-order valence-corrected chi connectivity index (χ2v) is 7.97. The van der Waals surface area contributed by atoms with Crippen LogP contribution in [0.4, 0.5) is 0 Å². The van der Waals surface area contributed by atoms with E-state index in [1.54, 1.807) is 11.9 Å². The van der Waals surface area contributed by atoms with E-state index < -0.39 is 0 Å². The van der Waals surface area contributed by atoms with Crippen LogP contribution >= 0.6 is 11.9 Å². The molecule has 0 N–H and O–H groups in total. The fraction of sp³-hybridized carbons (Fsp3) is 0.316. The highest BCUT2D eigenvalue weighted by molar-refractivity contribution is 7.99. The average Bonchev–Trinajstić information content (AvgIpc) is 2.41. The second kappa shape index (κ2) is 6.48. The summed E-state index contributed by atoms with van der Waals surface area (Å²) in [7, 11) is 0. The molecule has 2 aromatic rings. The highest BCUT2D eigenvalue weighted by Crippen LogP contribution is 2.26. The maximum atomic E-state index is 4.83. The van der Waals surface area contributed by atoms with Crippen LogP contribution in [0.2, 0.25) is 0 Å². The summed E-state index contributed by atoms with van der Waals surface area (Å²) in [6.07, 6.45) is 0. The lowest BCUT2D eigenvalue weighted by atomic mass is 10.0. The summed E-state index contributed by atoms with van der Waals surface area (Å²) in [6.45, 7) is 10.8. The van der Waals surface area contributed by atoms with Crippen LogP contribution in [0.25, 0.3) is 0 Å². The topological polar surface area (TPSA) is 12.4 Å². The van der Waals surface area contributed by atoms with Gasteiger partial charge in [-0.2, -0.15) is 0 Å². The van der Waals surface area contributed by atoms with Crippen molar-refractivity contribution in [2.45, 2.75) is 39.4 Å². The first-order valence-corrected chi connectivity index (χ1v) is 8.03. The summed E-state index contributed by atoms with van der Waals surface area (Å²) >= 11 is 1.63. The van der Waals surface area contributed by atoms with Crippen molar-refractivity contribution in [1.29, 1.82) is 0 Å². The van der Waals surface area contributed by atoms with Crippen LogP contribution in [-0.4, -0.2) is 10.5 Å². The number of aryl methyl sites for hydroxylation is 2. The van der Waals surface area contributed by atoms with E-state index in [0.29, 0.717) is 0 Å². The molecule has 2 rings (SSSR count). The monoisotopic (exact) mass is 297 g/mol. The fourth-order valence-electron chi connectivity index (χ4n) is 1.88. The van der Waals surface area contributed by atoms with E-state index in [1.807, 2.05) is 0 Å². The van der Waals surface area contributed by atoms with Crippen LogP contribution < -0.4 is 0 Å². The Hall–Kier alpha value is -1.54. The minimum Gasteiger partial charge on any atom is -0.215 e. The van der Waals surface area contributed by atoms with Crippen molar-refractivity contribution in [2.24, 2.45) is 4.40 Å². The molecule has 0 aliphatic rings. The number of rotatable bonds is 3. The SMILES string of the molecule is Cc1ccc(C(=NSC(C)(C)C)c2ccc(C)cc2)cc1. The molecule has 110 valence electrons. The lowest BCUT2D eigenvalue weighted by molar-refractivity contribution is 0.804. The van der Waals surface area contributed by atoms with Gasteiger partial charge in [-0.3, -0.25) is 0 Å². The standard InChI is InChI=1S/C19H23NS/c1-14-6-10-16(11-7-14)18(20-21-19(3,4)5)17-12-8-15(2)9-13-17/h6-13H,1-5H3. The third-order valence-corrected chi connectivity index (χ3v) is 3.88. The quantitative estimate of drug-likeness (QED) is 0.531. The van der Waals surface area contributed by atoms with Crippen LogP contribution in [0, 0.1) is 13.8 Å². The van der Waals surface area contributed by atoms with Gasteiger partial charge in [-0.05, 0) is 46.6 Å². The Morgan fingerprint density at radius 2 is 1.14 bits per heavy atom. The Morgan fingerprint density at radius 1 is 0.762 bits per heavy atom. The van der Waals surface area contributed by atoms with Gasteiger partial charge in [-0.25, -0.2) is 4.40 Å². The Balaban J connectivity index is 2.43. The molecule has 0 saturated heterocycles. The van der Waals surface area contributed by atoms with E-state index in [4.69, 9.17) is 4.40 Å². The Kier molecular flexibility index (Phi) is 4.89. The van der Waals surface area contributed by atoms with Gasteiger partial charge < -0.3 is 0 Å². The molecule has 0 saturated carbocycles. The Bertz CT molecular complexity index is 569. The predicted molar refractivity (Wildman–Crippen MR) is 95.3 cm³/mol. The van der Waals surface area contributed by atoms with Crippen LogP contribution in [0.5, 0.6) is 0 Å². The molecule has 0 heterocycles. The van der Waals surface area contributed by atoms with E-state index in [9.17, 15) is 0 Å². The molecular formula is C19H23NS. The zero-order valence-corrected chi connectivity index (χ0v) is 14.3. The van der Waals surface area contributed by atoms with Gasteiger partial charge in [-0.1, -0.05) is 59.7 Å². The van der Waals surface area contributed by atoms with Gasteiger partial charge in [0.05, 0.1) is 5.71 Å². The molecule has 0 atom stereocenters. The van der Waals surface area contributed by atoms with Crippen molar-refractivity contribution in [1.82, 2.24) is 0 Å². The summed E-state index contributed by atoms with van der Waals surface area (Å²) in [5.41, 5.74) is 5.92. The van der Waals surface area contributed by atoms with Gasteiger partial charge in [-0.15, -0.1) is 0 Å². The van der Waals surface area contributed by atoms with Crippen LogP contribution in [0.15, 0.2) is 52.9 Å². The van der Waals surface area contributed by atoms with Gasteiger partial charge >= 0.3 is 0 Å². The molecule has 0 aromatic heterocycles. The zero-order valence-electron chi connectivity index (χ0n) is 13.5. The first-order chi connectivity index (χ1) is 9.85. The minimum absolute atomic E-state index is 0.112. The molecule has 0 radical (unpaired) electrons. The van der Waals surface area contributed by atoms with Gasteiger partial charge in [0, 0.05) is 15.9 Å². The molecule has 2 heteroatoms. The second-order valence-electron chi connectivity index (χ2n) is 6.38.